The normalized spacial score (nSPS) is 20.6. The van der Waals surface area contributed by atoms with Gasteiger partial charge in [-0.05, 0) is 36.8 Å². The van der Waals surface area contributed by atoms with Gasteiger partial charge in [-0.3, -0.25) is 4.99 Å². The van der Waals surface area contributed by atoms with E-state index in [1.165, 1.54) is 12.1 Å². The van der Waals surface area contributed by atoms with Crippen molar-refractivity contribution in [1.82, 2.24) is 10.2 Å². The number of thioether (sulfide) groups is 1. The van der Waals surface area contributed by atoms with Gasteiger partial charge >= 0.3 is 6.18 Å². The van der Waals surface area contributed by atoms with Crippen molar-refractivity contribution in [3.63, 3.8) is 0 Å². The van der Waals surface area contributed by atoms with Crippen LogP contribution in [-0.4, -0.2) is 53.2 Å². The average Bonchev–Trinajstić information content (AvgIpc) is 2.98. The number of nitrogens with one attached hydrogen (secondary N) is 1. The zero-order valence-corrected chi connectivity index (χ0v) is 18.0. The number of aliphatic imine (C=N–C) groups is 1. The van der Waals surface area contributed by atoms with Gasteiger partial charge in [-0.2, -0.15) is 24.9 Å². The molecule has 1 heterocycles. The van der Waals surface area contributed by atoms with Gasteiger partial charge in [0.25, 0.3) is 0 Å². The number of hydrogen-bond donors (Lipinski definition) is 2. The van der Waals surface area contributed by atoms with Gasteiger partial charge in [0, 0.05) is 25.9 Å². The third-order valence-electron chi connectivity index (χ3n) is 4.00. The minimum Gasteiger partial charge on any atom is -0.387 e. The number of nitrogens with zero attached hydrogens (tertiary/aromatic N) is 2. The fraction of sp³-hybridized carbons (Fsp3) is 0.588. The third-order valence-corrected chi connectivity index (χ3v) is 5.24. The van der Waals surface area contributed by atoms with Gasteiger partial charge in [-0.15, -0.1) is 24.0 Å². The van der Waals surface area contributed by atoms with Crippen LogP contribution in [0.3, 0.4) is 0 Å². The molecule has 2 N–H and O–H groups in total. The summed E-state index contributed by atoms with van der Waals surface area (Å²) >= 11 is 1.72. The Morgan fingerprint density at radius 1 is 1.35 bits per heavy atom. The smallest absolute Gasteiger partial charge is 0.387 e. The van der Waals surface area contributed by atoms with E-state index in [0.717, 1.165) is 29.9 Å². The number of aliphatic hydroxyl groups is 1. The van der Waals surface area contributed by atoms with Crippen LogP contribution in [-0.2, 0) is 12.7 Å². The van der Waals surface area contributed by atoms with Crippen LogP contribution in [0.4, 0.5) is 13.2 Å². The van der Waals surface area contributed by atoms with Crippen LogP contribution in [0.5, 0.6) is 0 Å². The topological polar surface area (TPSA) is 47.9 Å². The lowest BCUT2D eigenvalue weighted by Gasteiger charge is -2.25. The van der Waals surface area contributed by atoms with Crippen molar-refractivity contribution in [1.29, 1.82) is 0 Å². The summed E-state index contributed by atoms with van der Waals surface area (Å²) < 4.78 is 37.9. The molecule has 0 bridgehead atoms. The first-order chi connectivity index (χ1) is 11.7. The lowest BCUT2D eigenvalue weighted by molar-refractivity contribution is -0.137. The van der Waals surface area contributed by atoms with E-state index in [4.69, 9.17) is 0 Å². The monoisotopic (exact) mass is 503 g/mol. The summed E-state index contributed by atoms with van der Waals surface area (Å²) in [7, 11) is 1.83. The molecule has 1 unspecified atom stereocenters. The molecule has 1 aliphatic rings. The highest BCUT2D eigenvalue weighted by molar-refractivity contribution is 14.0. The molecule has 1 fully saturated rings. The number of alkyl halides is 3. The van der Waals surface area contributed by atoms with Crippen molar-refractivity contribution in [2.45, 2.75) is 31.7 Å². The largest absolute Gasteiger partial charge is 0.416 e. The van der Waals surface area contributed by atoms with Crippen LogP contribution in [0.15, 0.2) is 29.3 Å². The Labute approximate surface area is 173 Å². The molecular weight excluding hydrogens is 478 g/mol. The Balaban J connectivity index is 0.00000338. The number of guanidine groups is 1. The molecule has 2 rings (SSSR count). The Bertz CT molecular complexity index is 590. The second-order valence-electron chi connectivity index (χ2n) is 6.25. The van der Waals surface area contributed by atoms with E-state index in [2.05, 4.69) is 10.3 Å². The maximum Gasteiger partial charge on any atom is 0.416 e. The number of halogens is 4. The molecule has 0 aromatic heterocycles. The molecule has 0 aliphatic carbocycles. The van der Waals surface area contributed by atoms with E-state index in [1.54, 1.807) is 11.8 Å². The first-order valence-electron chi connectivity index (χ1n) is 8.19. The molecule has 1 atom stereocenters. The summed E-state index contributed by atoms with van der Waals surface area (Å²) in [6.45, 7) is 3.36. The number of benzene rings is 1. The Morgan fingerprint density at radius 3 is 2.50 bits per heavy atom. The minimum absolute atomic E-state index is 0. The summed E-state index contributed by atoms with van der Waals surface area (Å²) in [5.74, 6) is 2.25. The summed E-state index contributed by atoms with van der Waals surface area (Å²) in [4.78, 5) is 6.35. The number of rotatable bonds is 5. The van der Waals surface area contributed by atoms with Crippen LogP contribution >= 0.6 is 35.7 Å². The summed E-state index contributed by atoms with van der Waals surface area (Å²) in [6.07, 6.45) is -3.60. The van der Waals surface area contributed by atoms with Gasteiger partial charge in [0.15, 0.2) is 5.96 Å². The highest BCUT2D eigenvalue weighted by Gasteiger charge is 2.32. The van der Waals surface area contributed by atoms with Crippen molar-refractivity contribution in [2.24, 2.45) is 4.99 Å². The summed E-state index contributed by atoms with van der Waals surface area (Å²) in [5.41, 5.74) is -0.655. The van der Waals surface area contributed by atoms with Gasteiger partial charge in [-0.1, -0.05) is 12.1 Å². The van der Waals surface area contributed by atoms with Crippen molar-refractivity contribution in [3.8, 4) is 0 Å². The first-order valence-corrected chi connectivity index (χ1v) is 9.35. The average molecular weight is 503 g/mol. The van der Waals surface area contributed by atoms with Gasteiger partial charge in [-0.25, -0.2) is 0 Å². The maximum absolute atomic E-state index is 12.6. The zero-order valence-electron chi connectivity index (χ0n) is 14.8. The fourth-order valence-corrected chi connectivity index (χ4v) is 3.85. The molecule has 0 saturated carbocycles. The third kappa shape index (κ3) is 6.80. The second kappa shape index (κ2) is 10.0. The van der Waals surface area contributed by atoms with Gasteiger partial charge in [0.2, 0.25) is 0 Å². The molecule has 0 radical (unpaired) electrons. The van der Waals surface area contributed by atoms with E-state index in [-0.39, 0.29) is 24.0 Å². The first kappa shape index (κ1) is 23.4. The van der Waals surface area contributed by atoms with Crippen LogP contribution in [0.1, 0.15) is 24.5 Å². The maximum atomic E-state index is 12.6. The lowest BCUT2D eigenvalue weighted by Crippen LogP contribution is -2.41. The molecule has 0 spiro atoms. The van der Waals surface area contributed by atoms with E-state index >= 15 is 0 Å². The van der Waals surface area contributed by atoms with Crippen molar-refractivity contribution < 1.29 is 18.3 Å². The summed E-state index contributed by atoms with van der Waals surface area (Å²) in [5, 5.41) is 13.6. The Kier molecular flexibility index (Phi) is 9.01. The van der Waals surface area contributed by atoms with Crippen LogP contribution in [0.2, 0.25) is 0 Å². The molecule has 26 heavy (non-hydrogen) atoms. The molecule has 9 heteroatoms. The fourth-order valence-electron chi connectivity index (χ4n) is 2.56. The summed E-state index contributed by atoms with van der Waals surface area (Å²) in [6, 6.07) is 5.13. The molecule has 0 amide bonds. The Morgan fingerprint density at radius 2 is 2.00 bits per heavy atom. The van der Waals surface area contributed by atoms with E-state index in [1.807, 2.05) is 18.9 Å². The molecule has 4 nitrogen and oxygen atoms in total. The highest BCUT2D eigenvalue weighted by atomic mass is 127. The van der Waals surface area contributed by atoms with Crippen molar-refractivity contribution in [2.75, 3.05) is 31.6 Å². The SMILES string of the molecule is CCNC(=NCC1(O)CCSC1)N(C)Cc1ccc(C(F)(F)F)cc1.I. The van der Waals surface area contributed by atoms with Crippen LogP contribution < -0.4 is 5.32 Å². The molecule has 1 aromatic rings. The quantitative estimate of drug-likeness (QED) is 0.367. The molecule has 148 valence electrons. The van der Waals surface area contributed by atoms with Crippen LogP contribution in [0.25, 0.3) is 0 Å². The standard InChI is InChI=1S/C17H24F3N3OS.HI/c1-3-21-15(22-11-16(24)8-9-25-12-16)23(2)10-13-4-6-14(7-5-13)17(18,19)20;/h4-7,24H,3,8-12H2,1-2H3,(H,21,22);1H. The predicted octanol–water partition coefficient (Wildman–Crippen LogP) is 3.59. The van der Waals surface area contributed by atoms with Gasteiger partial charge in [0.05, 0.1) is 17.7 Å². The minimum atomic E-state index is -4.32. The Hall–Kier alpha value is -0.680. The zero-order chi connectivity index (χ0) is 18.5. The second-order valence-corrected chi connectivity index (χ2v) is 7.35. The predicted molar refractivity (Wildman–Crippen MR) is 111 cm³/mol. The van der Waals surface area contributed by atoms with Crippen molar-refractivity contribution >= 4 is 41.7 Å². The van der Waals surface area contributed by atoms with E-state index in [0.29, 0.717) is 31.3 Å². The molecular formula is C17H25F3IN3OS. The van der Waals surface area contributed by atoms with E-state index in [9.17, 15) is 18.3 Å². The molecule has 1 saturated heterocycles. The molecule has 1 aromatic carbocycles. The highest BCUT2D eigenvalue weighted by Crippen LogP contribution is 2.29. The van der Waals surface area contributed by atoms with Crippen LogP contribution in [0, 0.1) is 0 Å². The van der Waals surface area contributed by atoms with Gasteiger partial charge in [0.1, 0.15) is 0 Å². The molecule has 1 aliphatic heterocycles. The van der Waals surface area contributed by atoms with Gasteiger partial charge < -0.3 is 15.3 Å². The number of hydrogen-bond acceptors (Lipinski definition) is 3. The lowest BCUT2D eigenvalue weighted by atomic mass is 10.0. The van der Waals surface area contributed by atoms with E-state index < -0.39 is 17.3 Å². The van der Waals surface area contributed by atoms with Crippen molar-refractivity contribution in [3.05, 3.63) is 35.4 Å².